The third-order valence-electron chi connectivity index (χ3n) is 2.66. The van der Waals surface area contributed by atoms with Crippen molar-refractivity contribution in [2.45, 2.75) is 26.8 Å². The van der Waals surface area contributed by atoms with Crippen LogP contribution in [-0.2, 0) is 4.79 Å². The Hall–Kier alpha value is -1.49. The van der Waals surface area contributed by atoms with E-state index in [4.69, 9.17) is 16.0 Å². The standard InChI is InChI=1S/C12H17ClN2O3/c1-4-15(5-2)12(17)8(3)14-11(16)9-6-7-18-10(9)13/h6-8H,4-5H2,1-3H3,(H,14,16). The first-order chi connectivity index (χ1) is 8.51. The monoisotopic (exact) mass is 272 g/mol. The number of likely N-dealkylation sites (N-methyl/N-ethyl adjacent to an activating group) is 1. The molecule has 2 amide bonds. The van der Waals surface area contributed by atoms with Crippen molar-refractivity contribution in [2.24, 2.45) is 0 Å². The van der Waals surface area contributed by atoms with Gasteiger partial charge in [-0.15, -0.1) is 0 Å². The van der Waals surface area contributed by atoms with E-state index in [1.807, 2.05) is 13.8 Å². The van der Waals surface area contributed by atoms with E-state index < -0.39 is 11.9 Å². The Kier molecular flexibility index (Phi) is 5.22. The zero-order valence-corrected chi connectivity index (χ0v) is 11.5. The summed E-state index contributed by atoms with van der Waals surface area (Å²) in [4.78, 5) is 25.4. The molecule has 0 fully saturated rings. The molecule has 100 valence electrons. The fourth-order valence-electron chi connectivity index (χ4n) is 1.60. The Bertz CT molecular complexity index is 427. The van der Waals surface area contributed by atoms with Crippen LogP contribution in [0.3, 0.4) is 0 Å². The quantitative estimate of drug-likeness (QED) is 0.891. The lowest BCUT2D eigenvalue weighted by Gasteiger charge is -2.23. The van der Waals surface area contributed by atoms with Gasteiger partial charge in [0, 0.05) is 13.1 Å². The molecule has 1 aromatic heterocycles. The number of hydrogen-bond acceptors (Lipinski definition) is 3. The highest BCUT2D eigenvalue weighted by atomic mass is 35.5. The fourth-order valence-corrected chi connectivity index (χ4v) is 1.80. The van der Waals surface area contributed by atoms with Gasteiger partial charge in [0.25, 0.3) is 5.91 Å². The second kappa shape index (κ2) is 6.44. The van der Waals surface area contributed by atoms with Gasteiger partial charge >= 0.3 is 0 Å². The minimum Gasteiger partial charge on any atom is -0.452 e. The SMILES string of the molecule is CCN(CC)C(=O)C(C)NC(=O)c1ccoc1Cl. The van der Waals surface area contributed by atoms with Gasteiger partial charge in [0.15, 0.2) is 0 Å². The van der Waals surface area contributed by atoms with Crippen LogP contribution in [0.25, 0.3) is 0 Å². The minimum absolute atomic E-state index is 0.0231. The van der Waals surface area contributed by atoms with Crippen molar-refractivity contribution in [3.8, 4) is 0 Å². The highest BCUT2D eigenvalue weighted by molar-refractivity contribution is 6.32. The number of amides is 2. The summed E-state index contributed by atoms with van der Waals surface area (Å²) in [6, 6.07) is 0.870. The van der Waals surface area contributed by atoms with E-state index in [0.29, 0.717) is 13.1 Å². The predicted octanol–water partition coefficient (Wildman–Crippen LogP) is 1.92. The Labute approximate surface area is 111 Å². The molecule has 0 spiro atoms. The molecule has 1 heterocycles. The molecule has 0 saturated carbocycles. The van der Waals surface area contributed by atoms with Gasteiger partial charge in [0.05, 0.1) is 11.8 Å². The van der Waals surface area contributed by atoms with Crippen molar-refractivity contribution in [1.82, 2.24) is 10.2 Å². The molecule has 1 rings (SSSR count). The summed E-state index contributed by atoms with van der Waals surface area (Å²) in [5, 5.41) is 2.62. The molecule has 0 aliphatic carbocycles. The highest BCUT2D eigenvalue weighted by Gasteiger charge is 2.22. The van der Waals surface area contributed by atoms with Gasteiger partial charge in [0.1, 0.15) is 6.04 Å². The average Bonchev–Trinajstić information content (AvgIpc) is 2.76. The molecule has 0 aliphatic rings. The third kappa shape index (κ3) is 3.26. The molecule has 1 aromatic rings. The van der Waals surface area contributed by atoms with Crippen molar-refractivity contribution in [3.05, 3.63) is 23.1 Å². The molecule has 0 radical (unpaired) electrons. The van der Waals surface area contributed by atoms with E-state index in [-0.39, 0.29) is 16.7 Å². The number of nitrogens with zero attached hydrogens (tertiary/aromatic N) is 1. The Morgan fingerprint density at radius 1 is 1.44 bits per heavy atom. The van der Waals surface area contributed by atoms with Crippen molar-refractivity contribution in [3.63, 3.8) is 0 Å². The van der Waals surface area contributed by atoms with Gasteiger partial charge in [-0.05, 0) is 38.4 Å². The van der Waals surface area contributed by atoms with Crippen molar-refractivity contribution < 1.29 is 14.0 Å². The number of carbonyl (C=O) groups excluding carboxylic acids is 2. The van der Waals surface area contributed by atoms with E-state index in [1.54, 1.807) is 11.8 Å². The molecule has 6 heteroatoms. The fraction of sp³-hybridized carbons (Fsp3) is 0.500. The van der Waals surface area contributed by atoms with Crippen molar-refractivity contribution >= 4 is 23.4 Å². The molecule has 0 saturated heterocycles. The molecule has 0 bridgehead atoms. The maximum Gasteiger partial charge on any atom is 0.256 e. The van der Waals surface area contributed by atoms with Crippen LogP contribution in [0, 0.1) is 0 Å². The van der Waals surface area contributed by atoms with Gasteiger partial charge in [-0.25, -0.2) is 0 Å². The number of hydrogen-bond donors (Lipinski definition) is 1. The second-order valence-corrected chi connectivity index (χ2v) is 4.16. The van der Waals surface area contributed by atoms with E-state index in [1.165, 1.54) is 12.3 Å². The molecular formula is C12H17ClN2O3. The summed E-state index contributed by atoms with van der Waals surface area (Å²) >= 11 is 5.69. The van der Waals surface area contributed by atoms with E-state index in [9.17, 15) is 9.59 Å². The molecule has 1 N–H and O–H groups in total. The van der Waals surface area contributed by atoms with Crippen LogP contribution >= 0.6 is 11.6 Å². The van der Waals surface area contributed by atoms with Crippen molar-refractivity contribution in [2.75, 3.05) is 13.1 Å². The van der Waals surface area contributed by atoms with Crippen molar-refractivity contribution in [1.29, 1.82) is 0 Å². The first kappa shape index (κ1) is 14.6. The Morgan fingerprint density at radius 3 is 2.50 bits per heavy atom. The van der Waals surface area contributed by atoms with Gasteiger partial charge in [-0.1, -0.05) is 0 Å². The summed E-state index contributed by atoms with van der Waals surface area (Å²) in [6.07, 6.45) is 1.33. The largest absolute Gasteiger partial charge is 0.452 e. The average molecular weight is 273 g/mol. The number of carbonyl (C=O) groups is 2. The zero-order valence-electron chi connectivity index (χ0n) is 10.7. The van der Waals surface area contributed by atoms with Gasteiger partial charge in [0.2, 0.25) is 11.1 Å². The van der Waals surface area contributed by atoms with Gasteiger partial charge in [-0.3, -0.25) is 9.59 Å². The Balaban J connectivity index is 2.65. The second-order valence-electron chi connectivity index (χ2n) is 3.81. The highest BCUT2D eigenvalue weighted by Crippen LogP contribution is 2.16. The van der Waals surface area contributed by atoms with Crippen LogP contribution in [0.4, 0.5) is 0 Å². The lowest BCUT2D eigenvalue weighted by Crippen LogP contribution is -2.46. The number of furan rings is 1. The molecule has 0 aromatic carbocycles. The smallest absolute Gasteiger partial charge is 0.256 e. The van der Waals surface area contributed by atoms with E-state index >= 15 is 0 Å². The molecular weight excluding hydrogens is 256 g/mol. The van der Waals surface area contributed by atoms with Crippen LogP contribution in [0.5, 0.6) is 0 Å². The summed E-state index contributed by atoms with van der Waals surface area (Å²) < 4.78 is 4.83. The molecule has 1 unspecified atom stereocenters. The summed E-state index contributed by atoms with van der Waals surface area (Å²) in [5.74, 6) is -0.533. The summed E-state index contributed by atoms with van der Waals surface area (Å²) in [6.45, 7) is 6.66. The van der Waals surface area contributed by atoms with Crippen LogP contribution in [0.15, 0.2) is 16.7 Å². The van der Waals surface area contributed by atoms with Crippen LogP contribution in [-0.4, -0.2) is 35.8 Å². The van der Waals surface area contributed by atoms with Crippen LogP contribution in [0.2, 0.25) is 5.22 Å². The maximum atomic E-state index is 12.0. The zero-order chi connectivity index (χ0) is 13.7. The predicted molar refractivity (Wildman–Crippen MR) is 68.6 cm³/mol. The third-order valence-corrected chi connectivity index (χ3v) is 2.95. The molecule has 1 atom stereocenters. The maximum absolute atomic E-state index is 12.0. The number of halogens is 1. The van der Waals surface area contributed by atoms with Crippen LogP contribution < -0.4 is 5.32 Å². The Morgan fingerprint density at radius 2 is 2.06 bits per heavy atom. The lowest BCUT2D eigenvalue weighted by molar-refractivity contribution is -0.132. The van der Waals surface area contributed by atoms with Gasteiger partial charge < -0.3 is 14.6 Å². The van der Waals surface area contributed by atoms with E-state index in [0.717, 1.165) is 0 Å². The van der Waals surface area contributed by atoms with Gasteiger partial charge in [-0.2, -0.15) is 0 Å². The first-order valence-corrected chi connectivity index (χ1v) is 6.21. The summed E-state index contributed by atoms with van der Waals surface area (Å²) in [5.41, 5.74) is 0.232. The molecule has 18 heavy (non-hydrogen) atoms. The molecule has 0 aliphatic heterocycles. The first-order valence-electron chi connectivity index (χ1n) is 5.83. The lowest BCUT2D eigenvalue weighted by atomic mass is 10.2. The van der Waals surface area contributed by atoms with Crippen LogP contribution in [0.1, 0.15) is 31.1 Å². The normalized spacial score (nSPS) is 12.0. The number of rotatable bonds is 5. The van der Waals surface area contributed by atoms with E-state index in [2.05, 4.69) is 5.32 Å². The topological polar surface area (TPSA) is 62.6 Å². The molecule has 5 nitrogen and oxygen atoms in total. The number of nitrogens with one attached hydrogen (secondary N) is 1. The summed E-state index contributed by atoms with van der Waals surface area (Å²) in [7, 11) is 0. The minimum atomic E-state index is -0.594.